The van der Waals surface area contributed by atoms with E-state index < -0.39 is 30.7 Å². The summed E-state index contributed by atoms with van der Waals surface area (Å²) in [6.07, 6.45) is -7.44. The lowest BCUT2D eigenvalue weighted by molar-refractivity contribution is -0.205. The number of halogens is 3. The molecule has 1 amide bonds. The smallest absolute Gasteiger partial charge is 0.384 e. The molecule has 0 saturated carbocycles. The van der Waals surface area contributed by atoms with Crippen molar-refractivity contribution in [2.24, 2.45) is 0 Å². The summed E-state index contributed by atoms with van der Waals surface area (Å²) in [7, 11) is 0. The Bertz CT molecular complexity index is 960. The summed E-state index contributed by atoms with van der Waals surface area (Å²) >= 11 is 0. The van der Waals surface area contributed by atoms with Crippen LogP contribution in [0.15, 0.2) is 30.5 Å². The lowest BCUT2D eigenvalue weighted by atomic mass is 10.1. The van der Waals surface area contributed by atoms with Crippen molar-refractivity contribution < 1.29 is 27.8 Å². The van der Waals surface area contributed by atoms with Gasteiger partial charge in [0.05, 0.1) is 23.7 Å². The molecular weight excluding hydrogens is 401 g/mol. The normalized spacial score (nSPS) is 20.6. The van der Waals surface area contributed by atoms with Crippen LogP contribution < -0.4 is 10.2 Å². The van der Waals surface area contributed by atoms with E-state index in [0.717, 1.165) is 11.1 Å². The maximum absolute atomic E-state index is 12.4. The number of nitriles is 1. The van der Waals surface area contributed by atoms with Crippen molar-refractivity contribution in [2.75, 3.05) is 24.5 Å². The molecule has 2 aromatic rings. The Morgan fingerprint density at radius 1 is 1.43 bits per heavy atom. The van der Waals surface area contributed by atoms with E-state index in [0.29, 0.717) is 17.6 Å². The summed E-state index contributed by atoms with van der Waals surface area (Å²) in [5.41, 5.74) is 1.78. The van der Waals surface area contributed by atoms with Crippen LogP contribution in [-0.4, -0.2) is 60.1 Å². The number of fused-ring (bicyclic) bond motifs is 1. The molecule has 1 aromatic carbocycles. The second kappa shape index (κ2) is 8.85. The number of hydrogen-bond donors (Lipinski definition) is 2. The first-order chi connectivity index (χ1) is 14.2. The molecule has 3 atom stereocenters. The predicted molar refractivity (Wildman–Crippen MR) is 103 cm³/mol. The van der Waals surface area contributed by atoms with Gasteiger partial charge in [-0.3, -0.25) is 9.78 Å². The summed E-state index contributed by atoms with van der Waals surface area (Å²) in [6.45, 7) is 2.15. The molecule has 7 nitrogen and oxygen atoms in total. The zero-order valence-corrected chi connectivity index (χ0v) is 16.2. The molecule has 0 radical (unpaired) electrons. The van der Waals surface area contributed by atoms with E-state index in [1.54, 1.807) is 31.3 Å². The third-order valence-corrected chi connectivity index (χ3v) is 4.86. The Morgan fingerprint density at radius 3 is 2.90 bits per heavy atom. The van der Waals surface area contributed by atoms with Crippen LogP contribution in [0.2, 0.25) is 0 Å². The fourth-order valence-corrected chi connectivity index (χ4v) is 3.43. The molecule has 0 bridgehead atoms. The van der Waals surface area contributed by atoms with Gasteiger partial charge in [-0.25, -0.2) is 0 Å². The van der Waals surface area contributed by atoms with Gasteiger partial charge in [-0.15, -0.1) is 0 Å². The molecule has 1 aromatic heterocycles. The number of aliphatic hydroxyl groups excluding tert-OH is 1. The lowest BCUT2D eigenvalue weighted by Crippen LogP contribution is -2.53. The maximum atomic E-state index is 12.4. The van der Waals surface area contributed by atoms with Gasteiger partial charge in [-0.05, 0) is 37.6 Å². The molecule has 0 spiro atoms. The monoisotopic (exact) mass is 422 g/mol. The number of carbonyl (C=O) groups excluding carboxylic acids is 1. The van der Waals surface area contributed by atoms with Crippen molar-refractivity contribution in [1.29, 1.82) is 5.26 Å². The largest absolute Gasteiger partial charge is 0.414 e. The average Bonchev–Trinajstić information content (AvgIpc) is 2.71. The number of nitrogens with zero attached hydrogens (tertiary/aromatic N) is 3. The third-order valence-electron chi connectivity index (χ3n) is 4.86. The third kappa shape index (κ3) is 4.80. The molecular formula is C20H21F3N4O3. The molecule has 3 rings (SSSR count). The van der Waals surface area contributed by atoms with E-state index in [-0.39, 0.29) is 19.2 Å². The van der Waals surface area contributed by atoms with E-state index in [1.807, 2.05) is 11.0 Å². The first-order valence-corrected chi connectivity index (χ1v) is 9.41. The first kappa shape index (κ1) is 21.8. The van der Waals surface area contributed by atoms with E-state index >= 15 is 0 Å². The number of benzene rings is 1. The SMILES string of the molecule is C[C@@H]1CN(c2ccc(C#N)c3ncccc23)C[C@H](C(=O)NCCC(O)C(F)(F)F)O1. The van der Waals surface area contributed by atoms with Gasteiger partial charge in [0.1, 0.15) is 6.07 Å². The molecule has 1 saturated heterocycles. The van der Waals surface area contributed by atoms with E-state index in [9.17, 15) is 23.2 Å². The minimum absolute atomic E-state index is 0.188. The molecule has 2 N–H and O–H groups in total. The molecule has 10 heteroatoms. The van der Waals surface area contributed by atoms with Crippen molar-refractivity contribution in [2.45, 2.75) is 37.8 Å². The van der Waals surface area contributed by atoms with Gasteiger partial charge in [0.15, 0.2) is 12.2 Å². The number of alkyl halides is 3. The molecule has 0 aliphatic carbocycles. The number of carbonyl (C=O) groups is 1. The Labute approximate surface area is 171 Å². The van der Waals surface area contributed by atoms with Gasteiger partial charge in [-0.1, -0.05) is 0 Å². The second-order valence-corrected chi connectivity index (χ2v) is 7.12. The van der Waals surface area contributed by atoms with E-state index in [2.05, 4.69) is 16.4 Å². The van der Waals surface area contributed by atoms with Crippen LogP contribution in [-0.2, 0) is 9.53 Å². The molecule has 1 aliphatic heterocycles. The fraction of sp³-hybridized carbons (Fsp3) is 0.450. The van der Waals surface area contributed by atoms with Crippen molar-refractivity contribution in [3.05, 3.63) is 36.0 Å². The summed E-state index contributed by atoms with van der Waals surface area (Å²) in [6, 6.07) is 9.16. The Kier molecular flexibility index (Phi) is 6.43. The number of morpholine rings is 1. The van der Waals surface area contributed by atoms with Crippen LogP contribution in [0.1, 0.15) is 18.9 Å². The number of hydrogen-bond acceptors (Lipinski definition) is 6. The molecule has 160 valence electrons. The topological polar surface area (TPSA) is 98.5 Å². The lowest BCUT2D eigenvalue weighted by Gasteiger charge is -2.38. The molecule has 1 fully saturated rings. The Balaban J connectivity index is 1.73. The van der Waals surface area contributed by atoms with Crippen molar-refractivity contribution in [3.63, 3.8) is 0 Å². The van der Waals surface area contributed by atoms with Gasteiger partial charge < -0.3 is 20.1 Å². The van der Waals surface area contributed by atoms with Gasteiger partial charge in [-0.2, -0.15) is 18.4 Å². The number of ether oxygens (including phenoxy) is 1. The van der Waals surface area contributed by atoms with Gasteiger partial charge in [0.25, 0.3) is 5.91 Å². The summed E-state index contributed by atoms with van der Waals surface area (Å²) in [5, 5.41) is 21.5. The van der Waals surface area contributed by atoms with Crippen LogP contribution in [0.3, 0.4) is 0 Å². The number of aromatic nitrogens is 1. The van der Waals surface area contributed by atoms with Crippen LogP contribution in [0.5, 0.6) is 0 Å². The summed E-state index contributed by atoms with van der Waals surface area (Å²) < 4.78 is 42.8. The number of nitrogens with one attached hydrogen (secondary N) is 1. The van der Waals surface area contributed by atoms with Gasteiger partial charge in [0, 0.05) is 30.4 Å². The Morgan fingerprint density at radius 2 is 2.20 bits per heavy atom. The van der Waals surface area contributed by atoms with Crippen LogP contribution >= 0.6 is 0 Å². The van der Waals surface area contributed by atoms with Crippen LogP contribution in [0.25, 0.3) is 10.9 Å². The fourth-order valence-electron chi connectivity index (χ4n) is 3.43. The Hall–Kier alpha value is -2.90. The maximum Gasteiger partial charge on any atom is 0.414 e. The van der Waals surface area contributed by atoms with E-state index in [1.165, 1.54) is 0 Å². The molecule has 1 aliphatic rings. The van der Waals surface area contributed by atoms with Crippen LogP contribution in [0.4, 0.5) is 18.9 Å². The van der Waals surface area contributed by atoms with Crippen molar-refractivity contribution >= 4 is 22.5 Å². The highest BCUT2D eigenvalue weighted by molar-refractivity contribution is 5.95. The summed E-state index contributed by atoms with van der Waals surface area (Å²) in [5.74, 6) is -0.544. The van der Waals surface area contributed by atoms with Gasteiger partial charge >= 0.3 is 6.18 Å². The molecule has 1 unspecified atom stereocenters. The molecule has 2 heterocycles. The van der Waals surface area contributed by atoms with Crippen molar-refractivity contribution in [1.82, 2.24) is 10.3 Å². The van der Waals surface area contributed by atoms with Gasteiger partial charge in [0.2, 0.25) is 0 Å². The standard InChI is InChI=1S/C20H21F3N4O3/c1-12-10-27(15-5-4-13(9-24)18-14(15)3-2-7-25-18)11-16(30-12)19(29)26-8-6-17(28)20(21,22)23/h2-5,7,12,16-17,28H,6,8,10-11H2,1H3,(H,26,29)/t12-,16-,17?/m1/s1. The second-order valence-electron chi connectivity index (χ2n) is 7.12. The highest BCUT2D eigenvalue weighted by Crippen LogP contribution is 2.30. The number of aliphatic hydroxyl groups is 1. The highest BCUT2D eigenvalue weighted by atomic mass is 19.4. The number of amides is 1. The zero-order chi connectivity index (χ0) is 21.9. The number of anilines is 1. The number of rotatable bonds is 5. The minimum atomic E-state index is -4.72. The first-order valence-electron chi connectivity index (χ1n) is 9.41. The van der Waals surface area contributed by atoms with E-state index in [4.69, 9.17) is 9.84 Å². The minimum Gasteiger partial charge on any atom is -0.384 e. The highest BCUT2D eigenvalue weighted by Gasteiger charge is 2.38. The predicted octanol–water partition coefficient (Wildman–Crippen LogP) is 2.13. The zero-order valence-electron chi connectivity index (χ0n) is 16.2. The average molecular weight is 422 g/mol. The van der Waals surface area contributed by atoms with Crippen LogP contribution in [0, 0.1) is 11.3 Å². The van der Waals surface area contributed by atoms with Crippen molar-refractivity contribution in [3.8, 4) is 6.07 Å². The molecule has 30 heavy (non-hydrogen) atoms. The summed E-state index contributed by atoms with van der Waals surface area (Å²) in [4.78, 5) is 18.7. The quantitative estimate of drug-likeness (QED) is 0.766. The number of pyridine rings is 1.